The Bertz CT molecular complexity index is 793. The molecule has 122 valence electrons. The summed E-state index contributed by atoms with van der Waals surface area (Å²) in [5, 5.41) is 9.19. The highest BCUT2D eigenvalue weighted by atomic mass is 35.5. The molecule has 2 aromatic carbocycles. The van der Waals surface area contributed by atoms with Crippen molar-refractivity contribution < 1.29 is 14.3 Å². The van der Waals surface area contributed by atoms with Crippen molar-refractivity contribution in [2.24, 2.45) is 0 Å². The fourth-order valence-corrected chi connectivity index (χ4v) is 2.33. The first-order valence-corrected chi connectivity index (χ1v) is 7.69. The molecule has 0 spiro atoms. The lowest BCUT2D eigenvalue weighted by atomic mass is 10.1. The maximum Gasteiger partial charge on any atom is 0.311 e. The largest absolute Gasteiger partial charge is 0.493 e. The van der Waals surface area contributed by atoms with Gasteiger partial charge in [0.2, 0.25) is 0 Å². The molecule has 0 atom stereocenters. The average molecular weight is 342 g/mol. The van der Waals surface area contributed by atoms with Crippen molar-refractivity contribution in [2.75, 3.05) is 7.11 Å². The number of nitriles is 1. The number of hydrogen-bond donors (Lipinski definition) is 0. The first-order chi connectivity index (χ1) is 11.6. The fourth-order valence-electron chi connectivity index (χ4n) is 2.12. The Kier molecular flexibility index (Phi) is 6.41. The Labute approximate surface area is 145 Å². The van der Waals surface area contributed by atoms with Crippen LogP contribution in [0.5, 0.6) is 11.5 Å². The highest BCUT2D eigenvalue weighted by Crippen LogP contribution is 2.29. The van der Waals surface area contributed by atoms with Crippen molar-refractivity contribution in [1.82, 2.24) is 0 Å². The number of allylic oxidation sites excluding steroid dienone is 1. The van der Waals surface area contributed by atoms with Crippen molar-refractivity contribution >= 4 is 23.6 Å². The molecule has 5 heteroatoms. The molecule has 2 aromatic rings. The SMILES string of the molecule is COc1cc(/C=C\C#N)ccc1OC(=O)CCc1cccc(Cl)c1. The van der Waals surface area contributed by atoms with Gasteiger partial charge in [0.1, 0.15) is 0 Å². The van der Waals surface area contributed by atoms with Crippen LogP contribution in [0, 0.1) is 11.3 Å². The van der Waals surface area contributed by atoms with Gasteiger partial charge in [0.15, 0.2) is 11.5 Å². The van der Waals surface area contributed by atoms with Crippen LogP contribution in [-0.2, 0) is 11.2 Å². The van der Waals surface area contributed by atoms with Gasteiger partial charge < -0.3 is 9.47 Å². The molecule has 4 nitrogen and oxygen atoms in total. The third kappa shape index (κ3) is 5.15. The number of halogens is 1. The number of carbonyl (C=O) groups is 1. The Morgan fingerprint density at radius 2 is 2.08 bits per heavy atom. The molecule has 0 saturated carbocycles. The Morgan fingerprint density at radius 1 is 1.25 bits per heavy atom. The number of methoxy groups -OCH3 is 1. The van der Waals surface area contributed by atoms with E-state index in [0.29, 0.717) is 22.9 Å². The summed E-state index contributed by atoms with van der Waals surface area (Å²) in [6.45, 7) is 0. The van der Waals surface area contributed by atoms with Crippen molar-refractivity contribution in [2.45, 2.75) is 12.8 Å². The first kappa shape index (κ1) is 17.6. The van der Waals surface area contributed by atoms with Crippen LogP contribution in [0.15, 0.2) is 48.5 Å². The van der Waals surface area contributed by atoms with Gasteiger partial charge in [-0.15, -0.1) is 0 Å². The Balaban J connectivity index is 2.00. The number of benzene rings is 2. The summed E-state index contributed by atoms with van der Waals surface area (Å²) in [5.41, 5.74) is 1.76. The maximum absolute atomic E-state index is 12.0. The van der Waals surface area contributed by atoms with Crippen molar-refractivity contribution in [1.29, 1.82) is 5.26 Å². The Hall–Kier alpha value is -2.77. The van der Waals surface area contributed by atoms with Gasteiger partial charge in [-0.05, 0) is 47.9 Å². The maximum atomic E-state index is 12.0. The van der Waals surface area contributed by atoms with Crippen LogP contribution in [0.2, 0.25) is 5.02 Å². The van der Waals surface area contributed by atoms with Crippen molar-refractivity contribution in [3.8, 4) is 17.6 Å². The molecule has 0 amide bonds. The van der Waals surface area contributed by atoms with E-state index in [1.165, 1.54) is 13.2 Å². The minimum absolute atomic E-state index is 0.236. The minimum atomic E-state index is -0.353. The molecule has 0 aliphatic rings. The van der Waals surface area contributed by atoms with E-state index in [2.05, 4.69) is 0 Å². The number of aryl methyl sites for hydroxylation is 1. The molecule has 2 rings (SSSR count). The molecule has 0 heterocycles. The molecular weight excluding hydrogens is 326 g/mol. The predicted molar refractivity (Wildman–Crippen MR) is 93.0 cm³/mol. The summed E-state index contributed by atoms with van der Waals surface area (Å²) in [7, 11) is 1.50. The third-order valence-electron chi connectivity index (χ3n) is 3.27. The minimum Gasteiger partial charge on any atom is -0.493 e. The monoisotopic (exact) mass is 341 g/mol. The van der Waals surface area contributed by atoms with E-state index in [4.69, 9.17) is 26.3 Å². The summed E-state index contributed by atoms with van der Waals surface area (Å²) in [4.78, 5) is 12.0. The highest BCUT2D eigenvalue weighted by Gasteiger charge is 2.11. The zero-order valence-corrected chi connectivity index (χ0v) is 13.9. The van der Waals surface area contributed by atoms with Crippen LogP contribution >= 0.6 is 11.6 Å². The molecule has 0 radical (unpaired) electrons. The average Bonchev–Trinajstić information content (AvgIpc) is 2.59. The summed E-state index contributed by atoms with van der Waals surface area (Å²) in [6.07, 6.45) is 3.79. The molecule has 0 unspecified atom stereocenters. The quantitative estimate of drug-likeness (QED) is 0.443. The normalized spacial score (nSPS) is 10.4. The Morgan fingerprint density at radius 3 is 2.79 bits per heavy atom. The van der Waals surface area contributed by atoms with Gasteiger partial charge in [0.25, 0.3) is 0 Å². The number of esters is 1. The number of ether oxygens (including phenoxy) is 2. The van der Waals surface area contributed by atoms with Gasteiger partial charge in [-0.2, -0.15) is 5.26 Å². The zero-order valence-electron chi connectivity index (χ0n) is 13.2. The van der Waals surface area contributed by atoms with Gasteiger partial charge >= 0.3 is 5.97 Å². The van der Waals surface area contributed by atoms with E-state index in [-0.39, 0.29) is 12.4 Å². The van der Waals surface area contributed by atoms with Crippen LogP contribution in [0.3, 0.4) is 0 Å². The molecule has 0 aliphatic carbocycles. The lowest BCUT2D eigenvalue weighted by molar-refractivity contribution is -0.134. The van der Waals surface area contributed by atoms with E-state index in [9.17, 15) is 4.79 Å². The van der Waals surface area contributed by atoms with Crippen LogP contribution in [0.4, 0.5) is 0 Å². The second-order valence-corrected chi connectivity index (χ2v) is 5.41. The van der Waals surface area contributed by atoms with Crippen LogP contribution < -0.4 is 9.47 Å². The van der Waals surface area contributed by atoms with E-state index in [1.807, 2.05) is 24.3 Å². The molecule has 0 saturated heterocycles. The standard InChI is InChI=1S/C19H16ClNO3/c1-23-18-13-15(5-3-11-21)7-9-17(18)24-19(22)10-8-14-4-2-6-16(20)12-14/h2-7,9,12-13H,8,10H2,1H3/b5-3-. The summed E-state index contributed by atoms with van der Waals surface area (Å²) in [6, 6.07) is 14.4. The predicted octanol–water partition coefficient (Wildman–Crippen LogP) is 4.42. The smallest absolute Gasteiger partial charge is 0.311 e. The van der Waals surface area contributed by atoms with Crippen molar-refractivity contribution in [3.63, 3.8) is 0 Å². The summed E-state index contributed by atoms with van der Waals surface area (Å²) in [5.74, 6) is 0.433. The summed E-state index contributed by atoms with van der Waals surface area (Å²) >= 11 is 5.92. The molecule has 0 bridgehead atoms. The molecule has 0 N–H and O–H groups in total. The number of rotatable bonds is 6. The number of carbonyl (C=O) groups excluding carboxylic acids is 1. The number of nitrogens with zero attached hydrogens (tertiary/aromatic N) is 1. The first-order valence-electron chi connectivity index (χ1n) is 7.31. The zero-order chi connectivity index (χ0) is 17.4. The highest BCUT2D eigenvalue weighted by molar-refractivity contribution is 6.30. The van der Waals surface area contributed by atoms with E-state index in [1.54, 1.807) is 30.3 Å². The van der Waals surface area contributed by atoms with E-state index >= 15 is 0 Å². The summed E-state index contributed by atoms with van der Waals surface area (Å²) < 4.78 is 10.6. The van der Waals surface area contributed by atoms with Gasteiger partial charge in [-0.3, -0.25) is 4.79 Å². The number of hydrogen-bond acceptors (Lipinski definition) is 4. The fraction of sp³-hybridized carbons (Fsp3) is 0.158. The van der Waals surface area contributed by atoms with Crippen LogP contribution in [0.1, 0.15) is 17.5 Å². The molecular formula is C19H16ClNO3. The van der Waals surface area contributed by atoms with E-state index in [0.717, 1.165) is 11.1 Å². The molecule has 24 heavy (non-hydrogen) atoms. The van der Waals surface area contributed by atoms with Crippen LogP contribution in [0.25, 0.3) is 6.08 Å². The van der Waals surface area contributed by atoms with Crippen molar-refractivity contribution in [3.05, 3.63) is 64.7 Å². The van der Waals surface area contributed by atoms with E-state index < -0.39 is 0 Å². The third-order valence-corrected chi connectivity index (χ3v) is 3.50. The van der Waals surface area contributed by atoms with Gasteiger partial charge in [0.05, 0.1) is 13.2 Å². The molecule has 0 fully saturated rings. The second kappa shape index (κ2) is 8.76. The lowest BCUT2D eigenvalue weighted by Crippen LogP contribution is -2.09. The van der Waals surface area contributed by atoms with Gasteiger partial charge in [0, 0.05) is 17.5 Å². The van der Waals surface area contributed by atoms with Crippen LogP contribution in [-0.4, -0.2) is 13.1 Å². The lowest BCUT2D eigenvalue weighted by Gasteiger charge is -2.10. The molecule has 0 aliphatic heterocycles. The van der Waals surface area contributed by atoms with Gasteiger partial charge in [-0.1, -0.05) is 29.8 Å². The topological polar surface area (TPSA) is 59.3 Å². The van der Waals surface area contributed by atoms with Gasteiger partial charge in [-0.25, -0.2) is 0 Å². The second-order valence-electron chi connectivity index (χ2n) is 4.98. The molecule has 0 aromatic heterocycles.